The summed E-state index contributed by atoms with van der Waals surface area (Å²) in [6, 6.07) is 15.7. The van der Waals surface area contributed by atoms with Crippen molar-refractivity contribution in [2.24, 2.45) is 0 Å². The molecule has 7 heteroatoms. The van der Waals surface area contributed by atoms with Crippen LogP contribution in [0.3, 0.4) is 0 Å². The van der Waals surface area contributed by atoms with E-state index in [1.165, 1.54) is 42.6 Å². The minimum absolute atomic E-state index is 0.0923. The Hall–Kier alpha value is -3.25. The van der Waals surface area contributed by atoms with Crippen molar-refractivity contribution in [2.75, 3.05) is 11.9 Å². The molecular weight excluding hydrogens is 381 g/mol. The molecule has 0 aliphatic rings. The van der Waals surface area contributed by atoms with Gasteiger partial charge in [0.05, 0.1) is 0 Å². The first-order chi connectivity index (χ1) is 13.5. The molecule has 1 heterocycles. The molecule has 1 aromatic heterocycles. The van der Waals surface area contributed by atoms with Gasteiger partial charge in [-0.3, -0.25) is 14.6 Å². The van der Waals surface area contributed by atoms with Crippen LogP contribution in [0.1, 0.15) is 26.4 Å². The van der Waals surface area contributed by atoms with Gasteiger partial charge in [0.2, 0.25) is 0 Å². The summed E-state index contributed by atoms with van der Waals surface area (Å²) in [6.45, 7) is 0.444. The molecule has 0 aliphatic carbocycles. The molecule has 28 heavy (non-hydrogen) atoms. The third-order valence-electron chi connectivity index (χ3n) is 3.97. The zero-order valence-electron chi connectivity index (χ0n) is 14.8. The third-order valence-corrected chi connectivity index (χ3v) is 4.22. The van der Waals surface area contributed by atoms with Crippen molar-refractivity contribution in [3.8, 4) is 0 Å². The van der Waals surface area contributed by atoms with E-state index in [-0.39, 0.29) is 11.6 Å². The Morgan fingerprint density at radius 3 is 2.39 bits per heavy atom. The Labute approximate surface area is 166 Å². The van der Waals surface area contributed by atoms with Crippen LogP contribution in [-0.2, 0) is 6.42 Å². The van der Waals surface area contributed by atoms with Crippen LogP contribution >= 0.6 is 11.6 Å². The fourth-order valence-corrected chi connectivity index (χ4v) is 2.62. The Kier molecular flexibility index (Phi) is 6.34. The largest absolute Gasteiger partial charge is 0.352 e. The molecule has 0 spiro atoms. The van der Waals surface area contributed by atoms with Gasteiger partial charge in [-0.25, -0.2) is 4.39 Å². The summed E-state index contributed by atoms with van der Waals surface area (Å²) in [5, 5.41) is 6.08. The van der Waals surface area contributed by atoms with Crippen molar-refractivity contribution in [1.29, 1.82) is 0 Å². The number of nitrogens with one attached hydrogen (secondary N) is 2. The number of carbonyl (C=O) groups is 2. The fraction of sp³-hybridized carbons (Fsp3) is 0.0952. The maximum Gasteiger partial charge on any atom is 0.274 e. The number of rotatable bonds is 6. The van der Waals surface area contributed by atoms with Crippen molar-refractivity contribution < 1.29 is 14.0 Å². The number of aromatic nitrogens is 1. The Morgan fingerprint density at radius 2 is 1.68 bits per heavy atom. The highest BCUT2D eigenvalue weighted by Gasteiger charge is 2.12. The number of amides is 2. The smallest absolute Gasteiger partial charge is 0.274 e. The molecule has 0 saturated heterocycles. The summed E-state index contributed by atoms with van der Waals surface area (Å²) < 4.78 is 12.9. The van der Waals surface area contributed by atoms with Crippen LogP contribution in [0.2, 0.25) is 5.02 Å². The van der Waals surface area contributed by atoms with Crippen LogP contribution in [0.5, 0.6) is 0 Å². The number of carbonyl (C=O) groups excluding carboxylic acids is 2. The normalized spacial score (nSPS) is 10.4. The van der Waals surface area contributed by atoms with Crippen LogP contribution in [0, 0.1) is 5.82 Å². The van der Waals surface area contributed by atoms with E-state index in [9.17, 15) is 14.0 Å². The van der Waals surface area contributed by atoms with Gasteiger partial charge in [0, 0.05) is 29.0 Å². The number of hydrogen-bond acceptors (Lipinski definition) is 3. The SMILES string of the molecule is O=C(NCCc1ccc(Cl)cc1)c1ccnc(C(=O)Nc2ccc(F)cc2)c1. The van der Waals surface area contributed by atoms with Gasteiger partial charge in [0.1, 0.15) is 11.5 Å². The number of halogens is 2. The lowest BCUT2D eigenvalue weighted by atomic mass is 10.1. The molecule has 3 aromatic rings. The fourth-order valence-electron chi connectivity index (χ4n) is 2.50. The number of benzene rings is 2. The highest BCUT2D eigenvalue weighted by molar-refractivity contribution is 6.30. The molecule has 0 bridgehead atoms. The first-order valence-electron chi connectivity index (χ1n) is 8.57. The number of hydrogen-bond donors (Lipinski definition) is 2. The van der Waals surface area contributed by atoms with Crippen molar-refractivity contribution in [1.82, 2.24) is 10.3 Å². The van der Waals surface area contributed by atoms with E-state index in [1.807, 2.05) is 12.1 Å². The van der Waals surface area contributed by atoms with Gasteiger partial charge in [-0.1, -0.05) is 23.7 Å². The van der Waals surface area contributed by atoms with Crippen molar-refractivity contribution in [2.45, 2.75) is 6.42 Å². The summed E-state index contributed by atoms with van der Waals surface area (Å²) in [6.07, 6.45) is 2.06. The third kappa shape index (κ3) is 5.37. The van der Waals surface area contributed by atoms with Crippen molar-refractivity contribution in [3.05, 3.63) is 94.5 Å². The summed E-state index contributed by atoms with van der Waals surface area (Å²) in [7, 11) is 0. The quantitative estimate of drug-likeness (QED) is 0.657. The molecule has 0 saturated carbocycles. The van der Waals surface area contributed by atoms with Gasteiger partial charge >= 0.3 is 0 Å². The average molecular weight is 398 g/mol. The molecule has 2 N–H and O–H groups in total. The summed E-state index contributed by atoms with van der Waals surface area (Å²) >= 11 is 5.85. The number of pyridine rings is 1. The van der Waals surface area contributed by atoms with Crippen LogP contribution in [-0.4, -0.2) is 23.3 Å². The van der Waals surface area contributed by atoms with E-state index < -0.39 is 11.7 Å². The minimum Gasteiger partial charge on any atom is -0.352 e. The lowest BCUT2D eigenvalue weighted by Gasteiger charge is -2.08. The van der Waals surface area contributed by atoms with E-state index >= 15 is 0 Å². The summed E-state index contributed by atoms with van der Waals surface area (Å²) in [5.41, 5.74) is 1.91. The van der Waals surface area contributed by atoms with E-state index in [0.29, 0.717) is 29.2 Å². The first-order valence-corrected chi connectivity index (χ1v) is 8.95. The Balaban J connectivity index is 1.58. The van der Waals surface area contributed by atoms with E-state index in [0.717, 1.165) is 5.56 Å². The highest BCUT2D eigenvalue weighted by Crippen LogP contribution is 2.11. The zero-order valence-corrected chi connectivity index (χ0v) is 15.5. The molecule has 0 fully saturated rings. The van der Waals surface area contributed by atoms with E-state index in [4.69, 9.17) is 11.6 Å². The van der Waals surface area contributed by atoms with Gasteiger partial charge in [-0.2, -0.15) is 0 Å². The van der Waals surface area contributed by atoms with Crippen LogP contribution in [0.4, 0.5) is 10.1 Å². The first kappa shape index (κ1) is 19.5. The molecule has 142 valence electrons. The van der Waals surface area contributed by atoms with Crippen molar-refractivity contribution in [3.63, 3.8) is 0 Å². The van der Waals surface area contributed by atoms with Crippen LogP contribution in [0.25, 0.3) is 0 Å². The molecular formula is C21H17ClFN3O2. The summed E-state index contributed by atoms with van der Waals surface area (Å²) in [4.78, 5) is 28.6. The monoisotopic (exact) mass is 397 g/mol. The molecule has 0 radical (unpaired) electrons. The van der Waals surface area contributed by atoms with Gasteiger partial charge in [-0.05, 0) is 60.5 Å². The van der Waals surface area contributed by atoms with E-state index in [2.05, 4.69) is 15.6 Å². The Morgan fingerprint density at radius 1 is 0.964 bits per heavy atom. The predicted octanol–water partition coefficient (Wildman–Crippen LogP) is 4.10. The standard InChI is InChI=1S/C21H17ClFN3O2/c22-16-3-1-14(2-4-16)9-11-25-20(27)15-10-12-24-19(13-15)21(28)26-18-7-5-17(23)6-8-18/h1-8,10,12-13H,9,11H2,(H,25,27)(H,26,28). The predicted molar refractivity (Wildman–Crippen MR) is 106 cm³/mol. The molecule has 2 amide bonds. The molecule has 5 nitrogen and oxygen atoms in total. The summed E-state index contributed by atoms with van der Waals surface area (Å²) in [5.74, 6) is -1.18. The van der Waals surface area contributed by atoms with Crippen molar-refractivity contribution >= 4 is 29.1 Å². The number of anilines is 1. The van der Waals surface area contributed by atoms with Crippen LogP contribution < -0.4 is 10.6 Å². The zero-order chi connectivity index (χ0) is 19.9. The molecule has 0 atom stereocenters. The van der Waals surface area contributed by atoms with E-state index in [1.54, 1.807) is 12.1 Å². The maximum atomic E-state index is 12.9. The second-order valence-corrected chi connectivity index (χ2v) is 6.46. The second kappa shape index (κ2) is 9.10. The molecule has 2 aromatic carbocycles. The average Bonchev–Trinajstić information content (AvgIpc) is 2.71. The molecule has 0 aliphatic heterocycles. The lowest BCUT2D eigenvalue weighted by Crippen LogP contribution is -2.26. The molecule has 3 rings (SSSR count). The lowest BCUT2D eigenvalue weighted by molar-refractivity contribution is 0.0954. The maximum absolute atomic E-state index is 12.9. The van der Waals surface area contributed by atoms with Gasteiger partial charge < -0.3 is 10.6 Å². The van der Waals surface area contributed by atoms with Gasteiger partial charge in [0.25, 0.3) is 11.8 Å². The van der Waals surface area contributed by atoms with Gasteiger partial charge in [0.15, 0.2) is 0 Å². The Bertz CT molecular complexity index is 976. The second-order valence-electron chi connectivity index (χ2n) is 6.02. The topological polar surface area (TPSA) is 71.1 Å². The highest BCUT2D eigenvalue weighted by atomic mass is 35.5. The van der Waals surface area contributed by atoms with Gasteiger partial charge in [-0.15, -0.1) is 0 Å². The minimum atomic E-state index is -0.484. The number of nitrogens with zero attached hydrogens (tertiary/aromatic N) is 1. The molecule has 0 unspecified atom stereocenters. The van der Waals surface area contributed by atoms with Crippen LogP contribution in [0.15, 0.2) is 66.9 Å².